The third-order valence-corrected chi connectivity index (χ3v) is 7.91. The molecule has 0 aromatic carbocycles. The molecule has 0 saturated heterocycles. The van der Waals surface area contributed by atoms with Crippen molar-refractivity contribution in [2.24, 2.45) is 5.92 Å². The van der Waals surface area contributed by atoms with Gasteiger partial charge in [0.25, 0.3) is 0 Å². The third-order valence-electron chi connectivity index (χ3n) is 6.92. The van der Waals surface area contributed by atoms with E-state index >= 15 is 0 Å². The van der Waals surface area contributed by atoms with Crippen LogP contribution in [0.4, 0.5) is 0 Å². The summed E-state index contributed by atoms with van der Waals surface area (Å²) >= 11 is 0. The summed E-state index contributed by atoms with van der Waals surface area (Å²) in [5.41, 5.74) is 0. The molecule has 0 rings (SSSR count). The molecule has 0 saturated carbocycles. The average Bonchev–Trinajstić information content (AvgIpc) is 2.78. The zero-order valence-electron chi connectivity index (χ0n) is 24.4. The smallest absolute Gasteiger partial charge is 0.329 e. The van der Waals surface area contributed by atoms with Gasteiger partial charge in [-0.3, -0.25) is 9.05 Å². The summed E-state index contributed by atoms with van der Waals surface area (Å²) in [6, 6.07) is 0. The molecule has 0 spiro atoms. The number of rotatable bonds is 27. The van der Waals surface area contributed by atoms with E-state index in [9.17, 15) is 9.46 Å². The van der Waals surface area contributed by atoms with Crippen LogP contribution in [0.5, 0.6) is 0 Å². The van der Waals surface area contributed by atoms with Gasteiger partial charge in [-0.05, 0) is 18.8 Å². The first-order valence-corrected chi connectivity index (χ1v) is 16.6. The molecule has 6 heteroatoms. The van der Waals surface area contributed by atoms with Crippen LogP contribution in [0, 0.1) is 5.92 Å². The first kappa shape index (κ1) is 35.1. The summed E-state index contributed by atoms with van der Waals surface area (Å²) in [6.07, 6.45) is 26.0. The van der Waals surface area contributed by atoms with Gasteiger partial charge in [0.1, 0.15) is 13.2 Å². The van der Waals surface area contributed by atoms with Crippen molar-refractivity contribution < 1.29 is 23.0 Å². The minimum atomic E-state index is -3.97. The topological polar surface area (TPSA) is 55.8 Å². The highest BCUT2D eigenvalue weighted by Crippen LogP contribution is 2.44. The first-order chi connectivity index (χ1) is 16.7. The molecule has 2 atom stereocenters. The summed E-state index contributed by atoms with van der Waals surface area (Å²) in [7, 11) is 2.15. The Balaban J connectivity index is 4.22. The zero-order chi connectivity index (χ0) is 26.3. The van der Waals surface area contributed by atoms with Gasteiger partial charge in [0.15, 0.2) is 0 Å². The molecule has 2 unspecified atom stereocenters. The molecule has 5 nitrogen and oxygen atoms in total. The second-order valence-electron chi connectivity index (χ2n) is 11.7. The maximum atomic E-state index is 12.4. The Bertz CT molecular complexity index is 496. The quantitative estimate of drug-likeness (QED) is 0.0666. The number of hydrogen-bond acceptors (Lipinski definition) is 3. The molecule has 0 aliphatic carbocycles. The van der Waals surface area contributed by atoms with Crippen molar-refractivity contribution >= 4 is 7.82 Å². The standard InChI is InChI=1S/C29H62NO4P/c1-6-8-10-12-14-16-17-19-21-23-25-29(24-22-20-18-15-13-11-9-7-2)28-34-35(31,32)33-27-26-30(3,4)5/h29H,6-28H2,1-5H3/p+1. The molecule has 35 heavy (non-hydrogen) atoms. The predicted molar refractivity (Wildman–Crippen MR) is 152 cm³/mol. The van der Waals surface area contributed by atoms with Crippen molar-refractivity contribution in [2.45, 2.75) is 142 Å². The number of quaternary nitrogens is 1. The summed E-state index contributed by atoms with van der Waals surface area (Å²) in [4.78, 5) is 10.1. The fourth-order valence-corrected chi connectivity index (χ4v) is 5.25. The van der Waals surface area contributed by atoms with Crippen LogP contribution >= 0.6 is 7.82 Å². The highest BCUT2D eigenvalue weighted by Gasteiger charge is 2.24. The van der Waals surface area contributed by atoms with Gasteiger partial charge in [-0.2, -0.15) is 0 Å². The number of nitrogens with zero attached hydrogens (tertiary/aromatic N) is 1. The van der Waals surface area contributed by atoms with Crippen LogP contribution in [-0.2, 0) is 13.6 Å². The van der Waals surface area contributed by atoms with E-state index in [0.717, 1.165) is 12.8 Å². The summed E-state index contributed by atoms with van der Waals surface area (Å²) < 4.78 is 23.7. The lowest BCUT2D eigenvalue weighted by Crippen LogP contribution is -2.37. The van der Waals surface area contributed by atoms with E-state index in [4.69, 9.17) is 9.05 Å². The summed E-state index contributed by atoms with van der Waals surface area (Å²) in [5.74, 6) is 0.353. The summed E-state index contributed by atoms with van der Waals surface area (Å²) in [6.45, 7) is 5.78. The van der Waals surface area contributed by atoms with Gasteiger partial charge >= 0.3 is 7.82 Å². The fourth-order valence-electron chi connectivity index (χ4n) is 4.47. The molecular formula is C29H63NO4P+. The van der Waals surface area contributed by atoms with Crippen LogP contribution in [0.3, 0.4) is 0 Å². The monoisotopic (exact) mass is 520 g/mol. The molecule has 212 valence electrons. The number of phosphoric acid groups is 1. The number of hydrogen-bond donors (Lipinski definition) is 1. The van der Waals surface area contributed by atoms with E-state index < -0.39 is 7.82 Å². The van der Waals surface area contributed by atoms with E-state index in [1.54, 1.807) is 0 Å². The van der Waals surface area contributed by atoms with Gasteiger partial charge in [-0.15, -0.1) is 0 Å². The van der Waals surface area contributed by atoms with E-state index in [-0.39, 0.29) is 6.61 Å². The lowest BCUT2D eigenvalue weighted by Gasteiger charge is -2.24. The van der Waals surface area contributed by atoms with E-state index in [1.807, 2.05) is 21.1 Å². The number of unbranched alkanes of at least 4 members (excludes halogenated alkanes) is 16. The second kappa shape index (κ2) is 23.2. The van der Waals surface area contributed by atoms with Crippen molar-refractivity contribution in [1.29, 1.82) is 0 Å². The molecule has 0 aliphatic heterocycles. The van der Waals surface area contributed by atoms with Gasteiger partial charge in [0, 0.05) is 0 Å². The molecule has 0 fully saturated rings. The molecule has 1 N–H and O–H groups in total. The Morgan fingerprint density at radius 2 is 1.00 bits per heavy atom. The normalized spacial score (nSPS) is 14.8. The Hall–Kier alpha value is 0.0700. The minimum absolute atomic E-state index is 0.235. The minimum Gasteiger partial charge on any atom is -0.329 e. The van der Waals surface area contributed by atoms with Crippen molar-refractivity contribution in [3.05, 3.63) is 0 Å². The predicted octanol–water partition coefficient (Wildman–Crippen LogP) is 9.28. The van der Waals surface area contributed by atoms with Crippen LogP contribution in [0.25, 0.3) is 0 Å². The maximum Gasteiger partial charge on any atom is 0.472 e. The largest absolute Gasteiger partial charge is 0.472 e. The van der Waals surface area contributed by atoms with Gasteiger partial charge in [0.2, 0.25) is 0 Å². The molecule has 0 aromatic heterocycles. The molecule has 0 amide bonds. The van der Waals surface area contributed by atoms with Crippen molar-refractivity contribution in [3.8, 4) is 0 Å². The molecule has 0 radical (unpaired) electrons. The first-order valence-electron chi connectivity index (χ1n) is 15.1. The van der Waals surface area contributed by atoms with Crippen LogP contribution in [0.15, 0.2) is 0 Å². The van der Waals surface area contributed by atoms with E-state index in [1.165, 1.54) is 116 Å². The van der Waals surface area contributed by atoms with Gasteiger partial charge in [0.05, 0.1) is 27.7 Å². The average molecular weight is 521 g/mol. The van der Waals surface area contributed by atoms with Crippen molar-refractivity contribution in [3.63, 3.8) is 0 Å². The maximum absolute atomic E-state index is 12.4. The highest BCUT2D eigenvalue weighted by molar-refractivity contribution is 7.47. The molecule has 0 bridgehead atoms. The van der Waals surface area contributed by atoms with E-state index in [2.05, 4.69) is 13.8 Å². The van der Waals surface area contributed by atoms with Crippen LogP contribution < -0.4 is 0 Å². The third kappa shape index (κ3) is 26.9. The lowest BCUT2D eigenvalue weighted by molar-refractivity contribution is -0.870. The van der Waals surface area contributed by atoms with Crippen molar-refractivity contribution in [2.75, 3.05) is 40.9 Å². The number of phosphoric ester groups is 1. The SMILES string of the molecule is CCCCCCCCCCCCC(CCCCCCCCCC)COP(=O)(O)OCC[N+](C)(C)C. The van der Waals surface area contributed by atoms with E-state index in [0.29, 0.717) is 23.6 Å². The zero-order valence-corrected chi connectivity index (χ0v) is 25.3. The second-order valence-corrected chi connectivity index (χ2v) is 13.2. The Kier molecular flexibility index (Phi) is 23.3. The Labute approximate surface area is 219 Å². The van der Waals surface area contributed by atoms with Crippen LogP contribution in [-0.4, -0.2) is 50.3 Å². The fraction of sp³-hybridized carbons (Fsp3) is 1.00. The summed E-state index contributed by atoms with van der Waals surface area (Å²) in [5, 5.41) is 0. The molecule has 0 aliphatic rings. The van der Waals surface area contributed by atoms with Gasteiger partial charge in [-0.1, -0.05) is 129 Å². The van der Waals surface area contributed by atoms with Gasteiger partial charge in [-0.25, -0.2) is 4.57 Å². The molecule has 0 aromatic rings. The van der Waals surface area contributed by atoms with Gasteiger partial charge < -0.3 is 9.38 Å². The molecule has 0 heterocycles. The van der Waals surface area contributed by atoms with Crippen LogP contribution in [0.2, 0.25) is 0 Å². The van der Waals surface area contributed by atoms with Crippen LogP contribution in [0.1, 0.15) is 142 Å². The van der Waals surface area contributed by atoms with Crippen molar-refractivity contribution in [1.82, 2.24) is 0 Å². The number of likely N-dealkylation sites (N-methyl/N-ethyl adjacent to an activating group) is 1. The lowest BCUT2D eigenvalue weighted by atomic mass is 9.94. The Morgan fingerprint density at radius 1 is 0.629 bits per heavy atom. The Morgan fingerprint density at radius 3 is 1.37 bits per heavy atom. The highest BCUT2D eigenvalue weighted by atomic mass is 31.2. The molecular weight excluding hydrogens is 457 g/mol.